The SMILES string of the molecule is CCC(=O)Nc1ccc(Nc2cccc(Br)c2)nc1. The molecule has 0 fully saturated rings. The average Bonchev–Trinajstić information content (AvgIpc) is 2.41. The number of nitrogens with one attached hydrogen (secondary N) is 2. The van der Waals surface area contributed by atoms with Crippen molar-refractivity contribution >= 4 is 39.0 Å². The van der Waals surface area contributed by atoms with Gasteiger partial charge in [0.25, 0.3) is 0 Å². The van der Waals surface area contributed by atoms with E-state index in [-0.39, 0.29) is 5.91 Å². The Morgan fingerprint density at radius 2 is 2.11 bits per heavy atom. The second-order valence-electron chi connectivity index (χ2n) is 3.97. The van der Waals surface area contributed by atoms with Crippen LogP contribution >= 0.6 is 15.9 Å². The summed E-state index contributed by atoms with van der Waals surface area (Å²) in [6.07, 6.45) is 2.09. The van der Waals surface area contributed by atoms with Crippen LogP contribution in [-0.4, -0.2) is 10.9 Å². The predicted octanol–water partition coefficient (Wildman–Crippen LogP) is 3.94. The smallest absolute Gasteiger partial charge is 0.224 e. The second-order valence-corrected chi connectivity index (χ2v) is 4.88. The normalized spacial score (nSPS) is 10.0. The molecule has 2 aromatic rings. The third-order valence-corrected chi connectivity index (χ3v) is 2.96. The van der Waals surface area contributed by atoms with E-state index in [1.54, 1.807) is 6.20 Å². The molecule has 0 saturated carbocycles. The Hall–Kier alpha value is -1.88. The zero-order valence-corrected chi connectivity index (χ0v) is 12.1. The number of halogens is 1. The van der Waals surface area contributed by atoms with Gasteiger partial charge in [0.1, 0.15) is 5.82 Å². The molecule has 2 N–H and O–H groups in total. The van der Waals surface area contributed by atoms with Gasteiger partial charge in [-0.2, -0.15) is 0 Å². The van der Waals surface area contributed by atoms with E-state index in [1.807, 2.05) is 43.3 Å². The molecule has 0 aliphatic heterocycles. The zero-order valence-electron chi connectivity index (χ0n) is 10.5. The largest absolute Gasteiger partial charge is 0.340 e. The van der Waals surface area contributed by atoms with Crippen LogP contribution in [0.4, 0.5) is 17.2 Å². The molecule has 0 aliphatic carbocycles. The van der Waals surface area contributed by atoms with E-state index in [9.17, 15) is 4.79 Å². The molecule has 1 aromatic carbocycles. The fourth-order valence-corrected chi connectivity index (χ4v) is 1.90. The van der Waals surface area contributed by atoms with Crippen LogP contribution in [0.3, 0.4) is 0 Å². The van der Waals surface area contributed by atoms with Crippen LogP contribution in [0.2, 0.25) is 0 Å². The molecule has 19 heavy (non-hydrogen) atoms. The van der Waals surface area contributed by atoms with Crippen molar-refractivity contribution < 1.29 is 4.79 Å². The molecule has 0 saturated heterocycles. The van der Waals surface area contributed by atoms with Crippen molar-refractivity contribution in [3.05, 3.63) is 47.1 Å². The summed E-state index contributed by atoms with van der Waals surface area (Å²) >= 11 is 3.41. The highest BCUT2D eigenvalue weighted by molar-refractivity contribution is 9.10. The van der Waals surface area contributed by atoms with Crippen molar-refractivity contribution in [2.24, 2.45) is 0 Å². The van der Waals surface area contributed by atoms with Crippen molar-refractivity contribution in [3.63, 3.8) is 0 Å². The number of carbonyl (C=O) groups excluding carboxylic acids is 1. The summed E-state index contributed by atoms with van der Waals surface area (Å²) < 4.78 is 1.00. The standard InChI is InChI=1S/C14H14BrN3O/c1-2-14(19)18-12-6-7-13(16-9-12)17-11-5-3-4-10(15)8-11/h3-9H,2H2,1H3,(H,16,17)(H,18,19). The molecule has 1 heterocycles. The number of aromatic nitrogens is 1. The van der Waals surface area contributed by atoms with Crippen molar-refractivity contribution in [1.29, 1.82) is 0 Å². The van der Waals surface area contributed by atoms with Crippen molar-refractivity contribution in [2.45, 2.75) is 13.3 Å². The number of rotatable bonds is 4. The summed E-state index contributed by atoms with van der Waals surface area (Å²) in [4.78, 5) is 15.5. The summed E-state index contributed by atoms with van der Waals surface area (Å²) in [6.45, 7) is 1.81. The van der Waals surface area contributed by atoms with Gasteiger partial charge in [0.05, 0.1) is 11.9 Å². The van der Waals surface area contributed by atoms with Crippen LogP contribution in [0.15, 0.2) is 47.1 Å². The van der Waals surface area contributed by atoms with E-state index >= 15 is 0 Å². The molecule has 0 atom stereocenters. The van der Waals surface area contributed by atoms with E-state index in [0.717, 1.165) is 16.0 Å². The number of anilines is 3. The lowest BCUT2D eigenvalue weighted by atomic mass is 10.3. The highest BCUT2D eigenvalue weighted by atomic mass is 79.9. The van der Waals surface area contributed by atoms with Gasteiger partial charge in [-0.25, -0.2) is 4.98 Å². The highest BCUT2D eigenvalue weighted by Gasteiger charge is 2.00. The Bertz CT molecular complexity index is 569. The Balaban J connectivity index is 2.04. The fourth-order valence-electron chi connectivity index (χ4n) is 1.51. The molecule has 0 aliphatic rings. The summed E-state index contributed by atoms with van der Waals surface area (Å²) in [5.41, 5.74) is 1.65. The van der Waals surface area contributed by atoms with Gasteiger partial charge in [-0.1, -0.05) is 28.9 Å². The van der Waals surface area contributed by atoms with Crippen molar-refractivity contribution in [3.8, 4) is 0 Å². The minimum Gasteiger partial charge on any atom is -0.340 e. The lowest BCUT2D eigenvalue weighted by Crippen LogP contribution is -2.09. The Morgan fingerprint density at radius 3 is 2.74 bits per heavy atom. The molecule has 2 rings (SSSR count). The lowest BCUT2D eigenvalue weighted by molar-refractivity contribution is -0.115. The van der Waals surface area contributed by atoms with Crippen LogP contribution in [0.25, 0.3) is 0 Å². The van der Waals surface area contributed by atoms with Gasteiger partial charge < -0.3 is 10.6 Å². The van der Waals surface area contributed by atoms with Gasteiger partial charge in [0, 0.05) is 16.6 Å². The molecule has 5 heteroatoms. The summed E-state index contributed by atoms with van der Waals surface area (Å²) in [6, 6.07) is 11.5. The Kier molecular flexibility index (Phi) is 4.52. The number of hydrogen-bond acceptors (Lipinski definition) is 3. The molecule has 0 spiro atoms. The lowest BCUT2D eigenvalue weighted by Gasteiger charge is -2.07. The topological polar surface area (TPSA) is 54.0 Å². The highest BCUT2D eigenvalue weighted by Crippen LogP contribution is 2.20. The molecule has 98 valence electrons. The van der Waals surface area contributed by atoms with Gasteiger partial charge in [-0.3, -0.25) is 4.79 Å². The quantitative estimate of drug-likeness (QED) is 0.897. The molecule has 1 amide bonds. The van der Waals surface area contributed by atoms with Crippen LogP contribution in [0.5, 0.6) is 0 Å². The second kappa shape index (κ2) is 6.33. The zero-order chi connectivity index (χ0) is 13.7. The van der Waals surface area contributed by atoms with Gasteiger partial charge in [0.15, 0.2) is 0 Å². The maximum absolute atomic E-state index is 11.2. The summed E-state index contributed by atoms with van der Waals surface area (Å²) in [5.74, 6) is 0.710. The van der Waals surface area contributed by atoms with E-state index in [1.165, 1.54) is 0 Å². The Morgan fingerprint density at radius 1 is 1.26 bits per heavy atom. The first-order valence-corrected chi connectivity index (χ1v) is 6.75. The number of pyridine rings is 1. The maximum atomic E-state index is 11.2. The number of carbonyl (C=O) groups is 1. The van der Waals surface area contributed by atoms with Crippen LogP contribution in [-0.2, 0) is 4.79 Å². The van der Waals surface area contributed by atoms with E-state index in [0.29, 0.717) is 12.1 Å². The van der Waals surface area contributed by atoms with E-state index < -0.39 is 0 Å². The maximum Gasteiger partial charge on any atom is 0.224 e. The summed E-state index contributed by atoms with van der Waals surface area (Å²) in [7, 11) is 0. The van der Waals surface area contributed by atoms with Gasteiger partial charge in [0.2, 0.25) is 5.91 Å². The van der Waals surface area contributed by atoms with Gasteiger partial charge in [-0.15, -0.1) is 0 Å². The van der Waals surface area contributed by atoms with Gasteiger partial charge in [-0.05, 0) is 30.3 Å². The van der Waals surface area contributed by atoms with Crippen LogP contribution in [0, 0.1) is 0 Å². The first-order valence-electron chi connectivity index (χ1n) is 5.96. The minimum atomic E-state index is -0.0190. The number of amides is 1. The fraction of sp³-hybridized carbons (Fsp3) is 0.143. The molecule has 0 radical (unpaired) electrons. The molecule has 0 unspecified atom stereocenters. The Labute approximate surface area is 120 Å². The number of hydrogen-bond donors (Lipinski definition) is 2. The van der Waals surface area contributed by atoms with Crippen LogP contribution in [0.1, 0.15) is 13.3 Å². The van der Waals surface area contributed by atoms with Crippen molar-refractivity contribution in [1.82, 2.24) is 4.98 Å². The summed E-state index contributed by atoms with van der Waals surface area (Å²) in [5, 5.41) is 5.94. The molecular formula is C14H14BrN3O. The van der Waals surface area contributed by atoms with E-state index in [4.69, 9.17) is 0 Å². The third kappa shape index (κ3) is 4.06. The van der Waals surface area contributed by atoms with E-state index in [2.05, 4.69) is 31.5 Å². The minimum absolute atomic E-state index is 0.0190. The molecule has 0 bridgehead atoms. The molecule has 1 aromatic heterocycles. The average molecular weight is 320 g/mol. The third-order valence-electron chi connectivity index (χ3n) is 2.47. The van der Waals surface area contributed by atoms with Crippen molar-refractivity contribution in [2.75, 3.05) is 10.6 Å². The van der Waals surface area contributed by atoms with Crippen LogP contribution < -0.4 is 10.6 Å². The monoisotopic (exact) mass is 319 g/mol. The molecule has 4 nitrogen and oxygen atoms in total. The first kappa shape index (κ1) is 13.5. The number of benzene rings is 1. The first-order chi connectivity index (χ1) is 9.17. The predicted molar refractivity (Wildman–Crippen MR) is 80.6 cm³/mol. The molecular weight excluding hydrogens is 306 g/mol. The van der Waals surface area contributed by atoms with Gasteiger partial charge >= 0.3 is 0 Å². The number of nitrogens with zero attached hydrogens (tertiary/aromatic N) is 1.